The lowest BCUT2D eigenvalue weighted by Crippen LogP contribution is -2.40. The van der Waals surface area contributed by atoms with E-state index in [9.17, 15) is 0 Å². The lowest BCUT2D eigenvalue weighted by molar-refractivity contribution is 0.147. The SMILES string of the molecule is C=CCC(C)(c1ccccc1)N(C)CC. The summed E-state index contributed by atoms with van der Waals surface area (Å²) in [5.41, 5.74) is 1.42. The van der Waals surface area contributed by atoms with Crippen LogP contribution in [0.2, 0.25) is 0 Å². The van der Waals surface area contributed by atoms with E-state index in [4.69, 9.17) is 0 Å². The second kappa shape index (κ2) is 5.13. The van der Waals surface area contributed by atoms with Crippen molar-refractivity contribution in [1.29, 1.82) is 0 Å². The summed E-state index contributed by atoms with van der Waals surface area (Å²) < 4.78 is 0. The molecule has 0 N–H and O–H groups in total. The lowest BCUT2D eigenvalue weighted by Gasteiger charge is -2.38. The molecular weight excluding hydrogens is 182 g/mol. The molecule has 1 aromatic carbocycles. The van der Waals surface area contributed by atoms with Gasteiger partial charge < -0.3 is 0 Å². The third-order valence-corrected chi connectivity index (χ3v) is 3.25. The molecule has 82 valence electrons. The van der Waals surface area contributed by atoms with E-state index < -0.39 is 0 Å². The molecule has 0 amide bonds. The highest BCUT2D eigenvalue weighted by Crippen LogP contribution is 2.30. The van der Waals surface area contributed by atoms with Gasteiger partial charge in [-0.15, -0.1) is 6.58 Å². The van der Waals surface area contributed by atoms with E-state index in [1.807, 2.05) is 6.08 Å². The highest BCUT2D eigenvalue weighted by atomic mass is 15.2. The van der Waals surface area contributed by atoms with Crippen LogP contribution in [-0.2, 0) is 5.54 Å². The Balaban J connectivity index is 3.06. The summed E-state index contributed by atoms with van der Waals surface area (Å²) in [6.07, 6.45) is 2.97. The first-order chi connectivity index (χ1) is 7.15. The van der Waals surface area contributed by atoms with E-state index in [2.05, 4.69) is 62.7 Å². The van der Waals surface area contributed by atoms with E-state index in [1.165, 1.54) is 5.56 Å². The molecule has 0 spiro atoms. The molecule has 1 nitrogen and oxygen atoms in total. The van der Waals surface area contributed by atoms with E-state index in [1.54, 1.807) is 0 Å². The second-order valence-corrected chi connectivity index (χ2v) is 4.15. The first-order valence-corrected chi connectivity index (χ1v) is 5.52. The van der Waals surface area contributed by atoms with Crippen LogP contribution in [0.15, 0.2) is 43.0 Å². The van der Waals surface area contributed by atoms with Gasteiger partial charge in [0.25, 0.3) is 0 Å². The minimum Gasteiger partial charge on any atom is -0.297 e. The summed E-state index contributed by atoms with van der Waals surface area (Å²) in [6, 6.07) is 10.6. The third kappa shape index (κ3) is 2.48. The fraction of sp³-hybridized carbons (Fsp3) is 0.429. The number of nitrogens with zero attached hydrogens (tertiary/aromatic N) is 1. The van der Waals surface area contributed by atoms with Crippen molar-refractivity contribution in [2.75, 3.05) is 13.6 Å². The average Bonchev–Trinajstić information content (AvgIpc) is 2.29. The zero-order valence-corrected chi connectivity index (χ0v) is 10.0. The topological polar surface area (TPSA) is 3.24 Å². The number of rotatable bonds is 5. The molecule has 0 aliphatic rings. The van der Waals surface area contributed by atoms with Gasteiger partial charge in [-0.25, -0.2) is 0 Å². The fourth-order valence-electron chi connectivity index (χ4n) is 1.92. The van der Waals surface area contributed by atoms with Gasteiger partial charge in [0, 0.05) is 5.54 Å². The number of hydrogen-bond donors (Lipinski definition) is 0. The highest BCUT2D eigenvalue weighted by Gasteiger charge is 2.28. The molecule has 0 fully saturated rings. The molecule has 15 heavy (non-hydrogen) atoms. The summed E-state index contributed by atoms with van der Waals surface area (Å²) in [4.78, 5) is 2.37. The van der Waals surface area contributed by atoms with E-state index >= 15 is 0 Å². The maximum atomic E-state index is 3.86. The van der Waals surface area contributed by atoms with Gasteiger partial charge in [-0.1, -0.05) is 43.3 Å². The molecule has 0 aliphatic heterocycles. The van der Waals surface area contributed by atoms with Crippen LogP contribution in [0.5, 0.6) is 0 Å². The predicted octanol–water partition coefficient (Wildman–Crippen LogP) is 3.43. The third-order valence-electron chi connectivity index (χ3n) is 3.25. The minimum absolute atomic E-state index is 0.0672. The van der Waals surface area contributed by atoms with Crippen molar-refractivity contribution in [3.05, 3.63) is 48.6 Å². The summed E-state index contributed by atoms with van der Waals surface area (Å²) in [7, 11) is 2.16. The first-order valence-electron chi connectivity index (χ1n) is 5.52. The molecule has 0 saturated carbocycles. The summed E-state index contributed by atoms with van der Waals surface area (Å²) in [6.45, 7) is 9.36. The largest absolute Gasteiger partial charge is 0.297 e. The quantitative estimate of drug-likeness (QED) is 0.663. The molecule has 1 rings (SSSR count). The monoisotopic (exact) mass is 203 g/mol. The Morgan fingerprint density at radius 2 is 1.93 bits per heavy atom. The van der Waals surface area contributed by atoms with Crippen molar-refractivity contribution < 1.29 is 0 Å². The maximum absolute atomic E-state index is 3.86. The van der Waals surface area contributed by atoms with Gasteiger partial charge in [0.1, 0.15) is 0 Å². The molecule has 0 bridgehead atoms. The smallest absolute Gasteiger partial charge is 0.0463 e. The Hall–Kier alpha value is -1.08. The van der Waals surface area contributed by atoms with Crippen LogP contribution in [-0.4, -0.2) is 18.5 Å². The molecule has 0 heterocycles. The average molecular weight is 203 g/mol. The molecule has 1 atom stereocenters. The number of hydrogen-bond acceptors (Lipinski definition) is 1. The van der Waals surface area contributed by atoms with Crippen molar-refractivity contribution in [1.82, 2.24) is 4.90 Å². The zero-order chi connectivity index (χ0) is 11.3. The molecule has 0 radical (unpaired) electrons. The Bertz CT molecular complexity index is 304. The Morgan fingerprint density at radius 3 is 2.40 bits per heavy atom. The van der Waals surface area contributed by atoms with Gasteiger partial charge in [-0.05, 0) is 32.5 Å². The van der Waals surface area contributed by atoms with Crippen molar-refractivity contribution in [2.45, 2.75) is 25.8 Å². The van der Waals surface area contributed by atoms with Gasteiger partial charge in [-0.2, -0.15) is 0 Å². The second-order valence-electron chi connectivity index (χ2n) is 4.15. The van der Waals surface area contributed by atoms with E-state index in [0.29, 0.717) is 0 Å². The van der Waals surface area contributed by atoms with Gasteiger partial charge in [0.15, 0.2) is 0 Å². The van der Waals surface area contributed by atoms with Gasteiger partial charge >= 0.3 is 0 Å². The van der Waals surface area contributed by atoms with Gasteiger partial charge in [-0.3, -0.25) is 4.90 Å². The summed E-state index contributed by atoms with van der Waals surface area (Å²) in [5, 5.41) is 0. The first kappa shape index (κ1) is 12.0. The fourth-order valence-corrected chi connectivity index (χ4v) is 1.92. The zero-order valence-electron chi connectivity index (χ0n) is 10.0. The molecule has 0 saturated heterocycles. The predicted molar refractivity (Wildman–Crippen MR) is 66.9 cm³/mol. The normalized spacial score (nSPS) is 14.9. The minimum atomic E-state index is 0.0672. The van der Waals surface area contributed by atoms with Crippen molar-refractivity contribution >= 4 is 0 Å². The van der Waals surface area contributed by atoms with Gasteiger partial charge in [0.05, 0.1) is 0 Å². The van der Waals surface area contributed by atoms with Crippen LogP contribution in [0.4, 0.5) is 0 Å². The van der Waals surface area contributed by atoms with Crippen LogP contribution in [0, 0.1) is 0 Å². The summed E-state index contributed by atoms with van der Waals surface area (Å²) in [5.74, 6) is 0. The van der Waals surface area contributed by atoms with Gasteiger partial charge in [0.2, 0.25) is 0 Å². The standard InChI is InChI=1S/C14H21N/c1-5-12-14(3,15(4)6-2)13-10-8-7-9-11-13/h5,7-11H,1,6,12H2,2-4H3. The lowest BCUT2D eigenvalue weighted by atomic mass is 9.87. The van der Waals surface area contributed by atoms with Crippen molar-refractivity contribution in [2.24, 2.45) is 0 Å². The van der Waals surface area contributed by atoms with Crippen LogP contribution in [0.25, 0.3) is 0 Å². The molecule has 0 aromatic heterocycles. The maximum Gasteiger partial charge on any atom is 0.0463 e. The Labute approximate surface area is 93.4 Å². The van der Waals surface area contributed by atoms with Crippen LogP contribution in [0.3, 0.4) is 0 Å². The molecule has 1 heteroatoms. The van der Waals surface area contributed by atoms with Crippen LogP contribution < -0.4 is 0 Å². The van der Waals surface area contributed by atoms with Crippen LogP contribution >= 0.6 is 0 Å². The summed E-state index contributed by atoms with van der Waals surface area (Å²) >= 11 is 0. The molecule has 0 aliphatic carbocycles. The Morgan fingerprint density at radius 1 is 1.33 bits per heavy atom. The molecule has 1 unspecified atom stereocenters. The molecule has 1 aromatic rings. The highest BCUT2D eigenvalue weighted by molar-refractivity contribution is 5.24. The van der Waals surface area contributed by atoms with E-state index in [0.717, 1.165) is 13.0 Å². The van der Waals surface area contributed by atoms with Crippen molar-refractivity contribution in [3.8, 4) is 0 Å². The van der Waals surface area contributed by atoms with E-state index in [-0.39, 0.29) is 5.54 Å². The van der Waals surface area contributed by atoms with Crippen LogP contribution in [0.1, 0.15) is 25.8 Å². The molecular formula is C14H21N. The van der Waals surface area contributed by atoms with Crippen molar-refractivity contribution in [3.63, 3.8) is 0 Å². The Kier molecular flexibility index (Phi) is 4.10. The number of benzene rings is 1.